The molecular weight excluding hydrogens is 268 g/mol. The molecule has 1 aliphatic carbocycles. The zero-order valence-corrected chi connectivity index (χ0v) is 13.8. The van der Waals surface area contributed by atoms with Crippen LogP contribution in [0, 0.1) is 22.7 Å². The molecule has 2 unspecified atom stereocenters. The lowest BCUT2D eigenvalue weighted by molar-refractivity contribution is -0.143. The molecule has 0 aromatic rings. The van der Waals surface area contributed by atoms with Crippen molar-refractivity contribution in [2.24, 2.45) is 22.7 Å². The van der Waals surface area contributed by atoms with Gasteiger partial charge in [0.2, 0.25) is 0 Å². The van der Waals surface area contributed by atoms with Crippen LogP contribution < -0.4 is 5.32 Å². The third-order valence-corrected chi connectivity index (χ3v) is 6.26. The first kappa shape index (κ1) is 16.1. The first-order valence-corrected chi connectivity index (χ1v) is 7.86. The van der Waals surface area contributed by atoms with E-state index < -0.39 is 5.97 Å². The molecule has 2 N–H and O–H groups in total. The van der Waals surface area contributed by atoms with Gasteiger partial charge in [-0.25, -0.2) is 4.79 Å². The molecule has 1 aliphatic heterocycles. The van der Waals surface area contributed by atoms with E-state index in [2.05, 4.69) is 33.0 Å². The molecule has 21 heavy (non-hydrogen) atoms. The van der Waals surface area contributed by atoms with Crippen LogP contribution in [-0.2, 0) is 4.79 Å². The number of likely N-dealkylation sites (tertiary alicyclic amines) is 1. The maximum Gasteiger partial charge on any atom is 0.317 e. The Morgan fingerprint density at radius 1 is 1.24 bits per heavy atom. The molecule has 2 atom stereocenters. The fourth-order valence-corrected chi connectivity index (χ4v) is 3.83. The number of hydrogen-bond acceptors (Lipinski definition) is 2. The van der Waals surface area contributed by atoms with Gasteiger partial charge in [-0.1, -0.05) is 27.7 Å². The summed E-state index contributed by atoms with van der Waals surface area (Å²) in [7, 11) is 0. The summed E-state index contributed by atoms with van der Waals surface area (Å²) in [6, 6.07) is -0.0649. The fraction of sp³-hybridized carbons (Fsp3) is 0.875. The SMILES string of the molecule is CC1CC(C(=O)O)CCN1C(=O)NCC1C(C)(C)C1(C)C. The first-order chi connectivity index (χ1) is 9.59. The van der Waals surface area contributed by atoms with Crippen molar-refractivity contribution in [1.29, 1.82) is 0 Å². The summed E-state index contributed by atoms with van der Waals surface area (Å²) in [6.07, 6.45) is 1.09. The van der Waals surface area contributed by atoms with E-state index in [4.69, 9.17) is 5.11 Å². The smallest absolute Gasteiger partial charge is 0.317 e. The van der Waals surface area contributed by atoms with Crippen molar-refractivity contribution in [3.05, 3.63) is 0 Å². The zero-order chi connectivity index (χ0) is 16.0. The van der Waals surface area contributed by atoms with Gasteiger partial charge in [-0.3, -0.25) is 4.79 Å². The lowest BCUT2D eigenvalue weighted by Crippen LogP contribution is -2.50. The van der Waals surface area contributed by atoms with Crippen molar-refractivity contribution >= 4 is 12.0 Å². The number of nitrogens with zero attached hydrogens (tertiary/aromatic N) is 1. The summed E-state index contributed by atoms with van der Waals surface area (Å²) in [6.45, 7) is 12.1. The minimum Gasteiger partial charge on any atom is -0.481 e. The van der Waals surface area contributed by atoms with E-state index in [1.54, 1.807) is 4.90 Å². The Bertz CT molecular complexity index is 431. The number of piperidine rings is 1. The Hall–Kier alpha value is -1.26. The summed E-state index contributed by atoms with van der Waals surface area (Å²) in [5.74, 6) is -0.561. The van der Waals surface area contributed by atoms with Crippen LogP contribution in [0.5, 0.6) is 0 Å². The van der Waals surface area contributed by atoms with Gasteiger partial charge >= 0.3 is 12.0 Å². The van der Waals surface area contributed by atoms with Crippen LogP contribution in [0.1, 0.15) is 47.5 Å². The van der Waals surface area contributed by atoms with Gasteiger partial charge in [0, 0.05) is 19.1 Å². The van der Waals surface area contributed by atoms with Crippen LogP contribution in [0.25, 0.3) is 0 Å². The molecule has 0 bridgehead atoms. The van der Waals surface area contributed by atoms with Crippen molar-refractivity contribution in [2.75, 3.05) is 13.1 Å². The minimum atomic E-state index is -0.747. The lowest BCUT2D eigenvalue weighted by Gasteiger charge is -2.36. The average molecular weight is 296 g/mol. The summed E-state index contributed by atoms with van der Waals surface area (Å²) < 4.78 is 0. The quantitative estimate of drug-likeness (QED) is 0.841. The first-order valence-electron chi connectivity index (χ1n) is 7.86. The van der Waals surface area contributed by atoms with E-state index >= 15 is 0 Å². The second-order valence-corrected chi connectivity index (χ2v) is 7.78. The monoisotopic (exact) mass is 296 g/mol. The number of nitrogens with one attached hydrogen (secondary N) is 1. The number of carboxylic acids is 1. The van der Waals surface area contributed by atoms with E-state index in [1.165, 1.54) is 0 Å². The van der Waals surface area contributed by atoms with E-state index in [1.807, 2.05) is 6.92 Å². The van der Waals surface area contributed by atoms with Gasteiger partial charge in [0.1, 0.15) is 0 Å². The number of hydrogen-bond donors (Lipinski definition) is 2. The number of urea groups is 1. The highest BCUT2D eigenvalue weighted by molar-refractivity contribution is 5.76. The maximum atomic E-state index is 12.3. The molecule has 5 nitrogen and oxygen atoms in total. The van der Waals surface area contributed by atoms with Crippen LogP contribution in [0.15, 0.2) is 0 Å². The maximum absolute atomic E-state index is 12.3. The number of carbonyl (C=O) groups is 2. The van der Waals surface area contributed by atoms with Crippen molar-refractivity contribution in [1.82, 2.24) is 10.2 Å². The highest BCUT2D eigenvalue weighted by Gasteiger charge is 2.64. The van der Waals surface area contributed by atoms with Gasteiger partial charge in [-0.2, -0.15) is 0 Å². The van der Waals surface area contributed by atoms with Crippen LogP contribution in [0.3, 0.4) is 0 Å². The van der Waals surface area contributed by atoms with Crippen LogP contribution >= 0.6 is 0 Å². The lowest BCUT2D eigenvalue weighted by atomic mass is 9.92. The molecule has 1 saturated carbocycles. The van der Waals surface area contributed by atoms with E-state index in [9.17, 15) is 9.59 Å². The second-order valence-electron chi connectivity index (χ2n) is 7.78. The number of amides is 2. The molecule has 5 heteroatoms. The average Bonchev–Trinajstić information content (AvgIpc) is 2.76. The third kappa shape index (κ3) is 2.74. The molecular formula is C16H28N2O3. The molecule has 0 radical (unpaired) electrons. The van der Waals surface area contributed by atoms with Crippen molar-refractivity contribution < 1.29 is 14.7 Å². The number of rotatable bonds is 3. The van der Waals surface area contributed by atoms with E-state index in [-0.39, 0.29) is 28.8 Å². The van der Waals surface area contributed by atoms with Crippen molar-refractivity contribution in [3.8, 4) is 0 Å². The van der Waals surface area contributed by atoms with Crippen molar-refractivity contribution in [3.63, 3.8) is 0 Å². The Balaban J connectivity index is 1.84. The standard InChI is InChI=1S/C16H28N2O3/c1-10-8-11(13(19)20)6-7-18(10)14(21)17-9-12-15(2,3)16(12,4)5/h10-12H,6-9H2,1-5H3,(H,17,21)(H,19,20). The number of carboxylic acid groups (broad SMARTS) is 1. The Morgan fingerprint density at radius 2 is 1.81 bits per heavy atom. The van der Waals surface area contributed by atoms with Crippen molar-refractivity contribution in [2.45, 2.75) is 53.5 Å². The predicted octanol–water partition coefficient (Wildman–Crippen LogP) is 2.56. The van der Waals surface area contributed by atoms with Gasteiger partial charge in [0.15, 0.2) is 0 Å². The topological polar surface area (TPSA) is 69.6 Å². The molecule has 0 aromatic carbocycles. The van der Waals surface area contributed by atoms with Gasteiger partial charge in [0.25, 0.3) is 0 Å². The molecule has 2 fully saturated rings. The normalized spacial score (nSPS) is 30.8. The number of carbonyl (C=O) groups excluding carboxylic acids is 1. The Labute approximate surface area is 127 Å². The largest absolute Gasteiger partial charge is 0.481 e. The Kier molecular flexibility index (Phi) is 3.98. The summed E-state index contributed by atoms with van der Waals surface area (Å²) in [5, 5.41) is 12.1. The minimum absolute atomic E-state index is 0.0138. The molecule has 0 aromatic heterocycles. The predicted molar refractivity (Wildman–Crippen MR) is 81.0 cm³/mol. The van der Waals surface area contributed by atoms with Gasteiger partial charge < -0.3 is 15.3 Å². The van der Waals surface area contributed by atoms with E-state index in [0.29, 0.717) is 31.8 Å². The molecule has 2 aliphatic rings. The zero-order valence-electron chi connectivity index (χ0n) is 13.8. The van der Waals surface area contributed by atoms with E-state index in [0.717, 1.165) is 0 Å². The molecule has 2 rings (SSSR count). The van der Waals surface area contributed by atoms with Gasteiger partial charge in [0.05, 0.1) is 5.92 Å². The van der Waals surface area contributed by atoms with Crippen LogP contribution in [-0.4, -0.2) is 41.1 Å². The van der Waals surface area contributed by atoms with Crippen LogP contribution in [0.4, 0.5) is 4.79 Å². The third-order valence-electron chi connectivity index (χ3n) is 6.26. The van der Waals surface area contributed by atoms with Gasteiger partial charge in [-0.05, 0) is 36.5 Å². The summed E-state index contributed by atoms with van der Waals surface area (Å²) in [5.41, 5.74) is 0.532. The Morgan fingerprint density at radius 3 is 2.24 bits per heavy atom. The molecule has 2 amide bonds. The highest BCUT2D eigenvalue weighted by Crippen LogP contribution is 2.67. The molecule has 1 heterocycles. The van der Waals surface area contributed by atoms with Crippen LogP contribution in [0.2, 0.25) is 0 Å². The molecule has 120 valence electrons. The molecule has 0 spiro atoms. The fourth-order valence-electron chi connectivity index (χ4n) is 3.83. The highest BCUT2D eigenvalue weighted by atomic mass is 16.4. The van der Waals surface area contributed by atoms with Gasteiger partial charge in [-0.15, -0.1) is 0 Å². The summed E-state index contributed by atoms with van der Waals surface area (Å²) in [4.78, 5) is 25.1. The molecule has 1 saturated heterocycles. The second kappa shape index (κ2) is 5.18. The number of aliphatic carboxylic acids is 1. The summed E-state index contributed by atoms with van der Waals surface area (Å²) >= 11 is 0.